The van der Waals surface area contributed by atoms with Crippen LogP contribution in [-0.4, -0.2) is 89.1 Å². The van der Waals surface area contributed by atoms with E-state index >= 15 is 0 Å². The second-order valence-corrected chi connectivity index (χ2v) is 16.8. The zero-order valence-electron chi connectivity index (χ0n) is 35.6. The lowest BCUT2D eigenvalue weighted by Gasteiger charge is -2.30. The van der Waals surface area contributed by atoms with E-state index in [2.05, 4.69) is 42.2 Å². The average Bonchev–Trinajstić information content (AvgIpc) is 3.61. The SMILES string of the molecule is CC(C)C[C@@H]1NC(=O)[C@H](Cc2c[nH]c3ccccc23)NC(=O)[C@@H](CCCN)NC(=O)[C@H](CC(=O)NCc2ccccc2)NC(=O)[C@H](C(C)C)NC(=O)[C@@H](CC(C)C)NC1=O. The van der Waals surface area contributed by atoms with E-state index in [4.69, 9.17) is 5.73 Å². The molecule has 1 aromatic heterocycles. The highest BCUT2D eigenvalue weighted by Gasteiger charge is 2.37. The minimum atomic E-state index is -1.48. The van der Waals surface area contributed by atoms with Gasteiger partial charge in [0.25, 0.3) is 0 Å². The van der Waals surface area contributed by atoms with Gasteiger partial charge in [0.1, 0.15) is 36.3 Å². The molecule has 6 atom stereocenters. The van der Waals surface area contributed by atoms with Gasteiger partial charge < -0.3 is 47.9 Å². The molecular formula is C44H63N9O7. The summed E-state index contributed by atoms with van der Waals surface area (Å²) in [5.41, 5.74) is 8.20. The zero-order valence-corrected chi connectivity index (χ0v) is 35.6. The molecule has 326 valence electrons. The number of aromatic amines is 1. The van der Waals surface area contributed by atoms with Crippen LogP contribution in [0.1, 0.15) is 84.8 Å². The van der Waals surface area contributed by atoms with Crippen molar-refractivity contribution in [3.63, 3.8) is 0 Å². The molecule has 3 aromatic rings. The molecule has 2 aromatic carbocycles. The minimum absolute atomic E-state index is 0.0183. The number of hydrogen-bond acceptors (Lipinski definition) is 8. The Hall–Kier alpha value is -5.77. The number of amides is 7. The van der Waals surface area contributed by atoms with Crippen LogP contribution in [0.25, 0.3) is 10.9 Å². The summed E-state index contributed by atoms with van der Waals surface area (Å²) in [6.45, 7) is 11.3. The van der Waals surface area contributed by atoms with Crippen LogP contribution in [0.5, 0.6) is 0 Å². The van der Waals surface area contributed by atoms with Gasteiger partial charge in [0.2, 0.25) is 41.4 Å². The highest BCUT2D eigenvalue weighted by Crippen LogP contribution is 2.20. The maximum Gasteiger partial charge on any atom is 0.243 e. The van der Waals surface area contributed by atoms with Crippen LogP contribution in [0.2, 0.25) is 0 Å². The molecule has 0 aliphatic carbocycles. The van der Waals surface area contributed by atoms with E-state index in [0.717, 1.165) is 22.0 Å². The van der Waals surface area contributed by atoms with Crippen LogP contribution < -0.4 is 43.0 Å². The van der Waals surface area contributed by atoms with Crippen LogP contribution in [0.3, 0.4) is 0 Å². The van der Waals surface area contributed by atoms with Gasteiger partial charge in [0.15, 0.2) is 0 Å². The molecular weight excluding hydrogens is 767 g/mol. The Labute approximate surface area is 352 Å². The standard InChI is InChI=1S/C44H63N9O7/c1-25(2)19-33-40(56)50-34(20-26(3)4)43(59)53-38(27(5)6)44(60)52-36(22-37(54)47-23-28-13-8-7-9-14-28)42(58)48-32(17-12-18-45)39(55)51-35(41(57)49-33)21-29-24-46-31-16-11-10-15-30(29)31/h7-11,13-16,24-27,32-36,38,46H,12,17-23,45H2,1-6H3,(H,47,54)(H,48,58)(H,49,57)(H,50,56)(H,51,55)(H,52,60)(H,53,59)/t32-,33+,34-,35+,36+,38+/m1/s1. The van der Waals surface area contributed by atoms with E-state index in [1.807, 2.05) is 82.3 Å². The van der Waals surface area contributed by atoms with Gasteiger partial charge in [-0.3, -0.25) is 33.6 Å². The lowest BCUT2D eigenvalue weighted by atomic mass is 9.97. The molecule has 0 bridgehead atoms. The molecule has 16 nitrogen and oxygen atoms in total. The first-order valence-corrected chi connectivity index (χ1v) is 20.9. The van der Waals surface area contributed by atoms with Crippen molar-refractivity contribution in [2.45, 2.75) is 123 Å². The van der Waals surface area contributed by atoms with Crippen LogP contribution in [0.15, 0.2) is 60.8 Å². The van der Waals surface area contributed by atoms with E-state index in [1.165, 1.54) is 0 Å². The van der Waals surface area contributed by atoms with Crippen molar-refractivity contribution in [2.75, 3.05) is 6.54 Å². The molecule has 7 amide bonds. The van der Waals surface area contributed by atoms with E-state index in [1.54, 1.807) is 20.0 Å². The molecule has 1 fully saturated rings. The molecule has 2 heterocycles. The Bertz CT molecular complexity index is 1950. The van der Waals surface area contributed by atoms with Gasteiger partial charge in [-0.25, -0.2) is 0 Å². The lowest BCUT2D eigenvalue weighted by Crippen LogP contribution is -2.62. The summed E-state index contributed by atoms with van der Waals surface area (Å²) in [4.78, 5) is 101. The molecule has 0 saturated carbocycles. The fourth-order valence-electron chi connectivity index (χ4n) is 7.13. The molecule has 0 spiro atoms. The first-order chi connectivity index (χ1) is 28.6. The van der Waals surface area contributed by atoms with Crippen molar-refractivity contribution < 1.29 is 33.6 Å². The van der Waals surface area contributed by atoms with E-state index < -0.39 is 89.9 Å². The highest BCUT2D eigenvalue weighted by molar-refractivity contribution is 5.99. The third-order valence-corrected chi connectivity index (χ3v) is 10.3. The number of H-pyrrole nitrogens is 1. The van der Waals surface area contributed by atoms with Gasteiger partial charge in [-0.15, -0.1) is 0 Å². The fraction of sp³-hybridized carbons (Fsp3) is 0.523. The van der Waals surface area contributed by atoms with E-state index in [-0.39, 0.29) is 50.6 Å². The predicted molar refractivity (Wildman–Crippen MR) is 229 cm³/mol. The Kier molecular flexibility index (Phi) is 17.6. The Morgan fingerprint density at radius 3 is 1.77 bits per heavy atom. The summed E-state index contributed by atoms with van der Waals surface area (Å²) < 4.78 is 0. The van der Waals surface area contributed by atoms with Gasteiger partial charge in [0, 0.05) is 30.1 Å². The van der Waals surface area contributed by atoms with Crippen molar-refractivity contribution in [3.05, 3.63) is 71.9 Å². The third-order valence-electron chi connectivity index (χ3n) is 10.3. The number of para-hydroxylation sites is 1. The molecule has 10 N–H and O–H groups in total. The molecule has 1 aliphatic heterocycles. The number of carbonyl (C=O) groups excluding carboxylic acids is 7. The third kappa shape index (κ3) is 13.9. The summed E-state index contributed by atoms with van der Waals surface area (Å²) >= 11 is 0. The van der Waals surface area contributed by atoms with Gasteiger partial charge in [-0.1, -0.05) is 90.1 Å². The number of nitrogens with one attached hydrogen (secondary N) is 8. The van der Waals surface area contributed by atoms with Gasteiger partial charge in [-0.05, 0) is 67.2 Å². The summed E-state index contributed by atoms with van der Waals surface area (Å²) in [6, 6.07) is 9.32. The summed E-state index contributed by atoms with van der Waals surface area (Å²) in [7, 11) is 0. The quantitative estimate of drug-likeness (QED) is 0.116. The molecule has 0 unspecified atom stereocenters. The first kappa shape index (κ1) is 46.9. The molecule has 0 radical (unpaired) electrons. The molecule has 60 heavy (non-hydrogen) atoms. The molecule has 16 heteroatoms. The number of carbonyl (C=O) groups is 7. The number of hydrogen-bond donors (Lipinski definition) is 9. The summed E-state index contributed by atoms with van der Waals surface area (Å²) in [5, 5.41) is 20.3. The van der Waals surface area contributed by atoms with Crippen molar-refractivity contribution in [1.82, 2.24) is 42.2 Å². The monoisotopic (exact) mass is 829 g/mol. The number of nitrogens with two attached hydrogens (primary N) is 1. The second kappa shape index (κ2) is 22.6. The minimum Gasteiger partial charge on any atom is -0.361 e. The predicted octanol–water partition coefficient (Wildman–Crippen LogP) is 1.83. The second-order valence-electron chi connectivity index (χ2n) is 16.8. The Morgan fingerprint density at radius 2 is 1.15 bits per heavy atom. The normalized spacial score (nSPS) is 22.6. The van der Waals surface area contributed by atoms with Crippen LogP contribution in [-0.2, 0) is 46.5 Å². The largest absolute Gasteiger partial charge is 0.361 e. The van der Waals surface area contributed by atoms with Gasteiger partial charge in [0.05, 0.1) is 6.42 Å². The van der Waals surface area contributed by atoms with Gasteiger partial charge >= 0.3 is 0 Å². The Morgan fingerprint density at radius 1 is 0.633 bits per heavy atom. The number of benzene rings is 2. The van der Waals surface area contributed by atoms with Crippen LogP contribution in [0, 0.1) is 17.8 Å². The van der Waals surface area contributed by atoms with Crippen LogP contribution >= 0.6 is 0 Å². The smallest absolute Gasteiger partial charge is 0.243 e. The highest BCUT2D eigenvalue weighted by atomic mass is 16.2. The lowest BCUT2D eigenvalue weighted by molar-refractivity contribution is -0.138. The average molecular weight is 830 g/mol. The van der Waals surface area contributed by atoms with Crippen molar-refractivity contribution >= 4 is 52.3 Å². The van der Waals surface area contributed by atoms with Crippen molar-refractivity contribution in [2.24, 2.45) is 23.5 Å². The number of fused-ring (bicyclic) bond motifs is 1. The number of rotatable bonds is 14. The molecule has 1 saturated heterocycles. The van der Waals surface area contributed by atoms with Crippen molar-refractivity contribution in [1.29, 1.82) is 0 Å². The molecule has 1 aliphatic rings. The maximum absolute atomic E-state index is 14.4. The molecule has 4 rings (SSSR count). The number of aromatic nitrogens is 1. The van der Waals surface area contributed by atoms with E-state index in [0.29, 0.717) is 6.42 Å². The first-order valence-electron chi connectivity index (χ1n) is 20.9. The van der Waals surface area contributed by atoms with E-state index in [9.17, 15) is 33.6 Å². The van der Waals surface area contributed by atoms with Crippen LogP contribution in [0.4, 0.5) is 0 Å². The fourth-order valence-corrected chi connectivity index (χ4v) is 7.13. The maximum atomic E-state index is 14.4. The van der Waals surface area contributed by atoms with Gasteiger partial charge in [-0.2, -0.15) is 0 Å². The summed E-state index contributed by atoms with van der Waals surface area (Å²) in [6.07, 6.45) is 2.07. The zero-order chi connectivity index (χ0) is 43.9. The van der Waals surface area contributed by atoms with Crippen molar-refractivity contribution in [3.8, 4) is 0 Å². The Balaban J connectivity index is 1.77. The summed E-state index contributed by atoms with van der Waals surface area (Å²) in [5.74, 6) is -5.32. The topological polar surface area (TPSA) is 246 Å².